The van der Waals surface area contributed by atoms with E-state index < -0.39 is 0 Å². The number of hydrogen-bond acceptors (Lipinski definition) is 7. The zero-order valence-electron chi connectivity index (χ0n) is 21.9. The quantitative estimate of drug-likeness (QED) is 0.238. The van der Waals surface area contributed by atoms with E-state index in [0.29, 0.717) is 56.2 Å². The summed E-state index contributed by atoms with van der Waals surface area (Å²) in [6.07, 6.45) is 1.65. The maximum atomic E-state index is 13.3. The number of hydrogen-bond donors (Lipinski definition) is 2. The van der Waals surface area contributed by atoms with Gasteiger partial charge in [0.05, 0.1) is 27.6 Å². The molecule has 3 aromatic carbocycles. The van der Waals surface area contributed by atoms with E-state index in [2.05, 4.69) is 31.0 Å². The van der Waals surface area contributed by atoms with Gasteiger partial charge in [0.15, 0.2) is 5.82 Å². The van der Waals surface area contributed by atoms with Crippen molar-refractivity contribution in [2.45, 2.75) is 13.8 Å². The van der Waals surface area contributed by atoms with Crippen molar-refractivity contribution in [3.63, 3.8) is 0 Å². The molecule has 0 spiro atoms. The number of nitrogens with one attached hydrogen (secondary N) is 2. The van der Waals surface area contributed by atoms with Gasteiger partial charge in [-0.15, -0.1) is 5.10 Å². The number of H-pyrrole nitrogens is 1. The Morgan fingerprint density at radius 1 is 1.00 bits per heavy atom. The minimum absolute atomic E-state index is 0.296. The predicted molar refractivity (Wildman–Crippen MR) is 156 cm³/mol. The molecule has 2 N–H and O–H groups in total. The van der Waals surface area contributed by atoms with Crippen molar-refractivity contribution in [2.24, 2.45) is 5.10 Å². The molecule has 3 heterocycles. The van der Waals surface area contributed by atoms with Gasteiger partial charge < -0.3 is 9.73 Å². The molecule has 11 heteroatoms. The first-order valence-corrected chi connectivity index (χ1v) is 13.0. The number of furan rings is 1. The lowest BCUT2D eigenvalue weighted by molar-refractivity contribution is -0.114. The van der Waals surface area contributed by atoms with Gasteiger partial charge in [-0.3, -0.25) is 9.59 Å². The third-order valence-corrected chi connectivity index (χ3v) is 6.79. The van der Waals surface area contributed by atoms with Gasteiger partial charge in [-0.2, -0.15) is 10.1 Å². The standard InChI is InChI=1S/C30H22ClN7O3/c1-17-5-3-7-21(13-17)32-29(39)25-15-19(9-11-26(25)31)27-12-10-23(41-27)16-24-18(2)35-38(30(24)40)22-8-4-6-20(14-22)28-33-36-37-34-28/h3-16H,1-2H3,(H,32,39)(H,33,34,36,37)/b24-16-. The molecular weight excluding hydrogens is 542 g/mol. The Kier molecular flexibility index (Phi) is 6.74. The highest BCUT2D eigenvalue weighted by atomic mass is 35.5. The first-order chi connectivity index (χ1) is 19.9. The van der Waals surface area contributed by atoms with Crippen LogP contribution >= 0.6 is 11.6 Å². The lowest BCUT2D eigenvalue weighted by Crippen LogP contribution is -2.21. The summed E-state index contributed by atoms with van der Waals surface area (Å²) in [7, 11) is 0. The molecule has 41 heavy (non-hydrogen) atoms. The molecule has 0 saturated carbocycles. The zero-order chi connectivity index (χ0) is 28.5. The summed E-state index contributed by atoms with van der Waals surface area (Å²) in [6, 6.07) is 23.3. The highest BCUT2D eigenvalue weighted by molar-refractivity contribution is 6.34. The van der Waals surface area contributed by atoms with Crippen molar-refractivity contribution in [1.29, 1.82) is 0 Å². The van der Waals surface area contributed by atoms with Crippen LogP contribution in [0.3, 0.4) is 0 Å². The Morgan fingerprint density at radius 3 is 2.66 bits per heavy atom. The predicted octanol–water partition coefficient (Wildman–Crippen LogP) is 6.15. The molecule has 0 saturated heterocycles. The fraction of sp³-hybridized carbons (Fsp3) is 0.0667. The topological polar surface area (TPSA) is 129 Å². The number of rotatable bonds is 6. The summed E-state index contributed by atoms with van der Waals surface area (Å²) >= 11 is 6.36. The summed E-state index contributed by atoms with van der Waals surface area (Å²) in [5.74, 6) is 0.833. The number of nitrogens with zero attached hydrogens (tertiary/aromatic N) is 5. The second-order valence-corrected chi connectivity index (χ2v) is 9.79. The third kappa shape index (κ3) is 5.28. The molecule has 0 bridgehead atoms. The summed E-state index contributed by atoms with van der Waals surface area (Å²) in [5, 5.41) is 22.8. The Balaban J connectivity index is 1.23. The zero-order valence-corrected chi connectivity index (χ0v) is 22.7. The summed E-state index contributed by atoms with van der Waals surface area (Å²) in [6.45, 7) is 3.71. The van der Waals surface area contributed by atoms with Crippen molar-refractivity contribution in [2.75, 3.05) is 10.3 Å². The normalized spacial score (nSPS) is 14.0. The van der Waals surface area contributed by atoms with E-state index in [0.717, 1.165) is 11.1 Å². The van der Waals surface area contributed by atoms with E-state index in [-0.39, 0.29) is 11.8 Å². The van der Waals surface area contributed by atoms with Gasteiger partial charge in [-0.25, -0.2) is 5.10 Å². The van der Waals surface area contributed by atoms with Crippen LogP contribution in [0.5, 0.6) is 0 Å². The SMILES string of the molecule is CC1=NN(c2cccc(-c3nnn[nH]3)c2)C(=O)/C1=C\c1ccc(-c2ccc(Cl)c(C(=O)Nc3cccc(C)c3)c2)o1. The molecular formula is C30H22ClN7O3. The van der Waals surface area contributed by atoms with Crippen LogP contribution in [-0.4, -0.2) is 38.2 Å². The maximum Gasteiger partial charge on any atom is 0.280 e. The molecule has 1 aliphatic heterocycles. The lowest BCUT2D eigenvalue weighted by atomic mass is 10.1. The highest BCUT2D eigenvalue weighted by Gasteiger charge is 2.29. The van der Waals surface area contributed by atoms with Crippen molar-refractivity contribution in [1.82, 2.24) is 20.6 Å². The maximum absolute atomic E-state index is 13.3. The number of hydrazone groups is 1. The van der Waals surface area contributed by atoms with Crippen LogP contribution in [0.4, 0.5) is 11.4 Å². The van der Waals surface area contributed by atoms with E-state index in [4.69, 9.17) is 16.0 Å². The van der Waals surface area contributed by atoms with Crippen LogP contribution in [0.2, 0.25) is 5.02 Å². The monoisotopic (exact) mass is 563 g/mol. The van der Waals surface area contributed by atoms with Crippen LogP contribution in [0.1, 0.15) is 28.6 Å². The molecule has 10 nitrogen and oxygen atoms in total. The minimum Gasteiger partial charge on any atom is -0.457 e. The van der Waals surface area contributed by atoms with Gasteiger partial charge in [-0.05, 0) is 90.5 Å². The van der Waals surface area contributed by atoms with E-state index in [1.165, 1.54) is 5.01 Å². The Hall–Kier alpha value is -5.35. The Bertz CT molecular complexity index is 1860. The molecule has 6 rings (SSSR count). The summed E-state index contributed by atoms with van der Waals surface area (Å²) < 4.78 is 6.04. The first kappa shape index (κ1) is 25.9. The summed E-state index contributed by atoms with van der Waals surface area (Å²) in [5.41, 5.74) is 4.92. The number of aryl methyl sites for hydroxylation is 1. The van der Waals surface area contributed by atoms with Crippen LogP contribution in [0.25, 0.3) is 28.8 Å². The van der Waals surface area contributed by atoms with Crippen LogP contribution in [0.15, 0.2) is 94.0 Å². The van der Waals surface area contributed by atoms with E-state index in [9.17, 15) is 9.59 Å². The molecule has 2 amide bonds. The minimum atomic E-state index is -0.330. The number of carbonyl (C=O) groups excluding carboxylic acids is 2. The number of anilines is 2. The third-order valence-electron chi connectivity index (χ3n) is 6.46. The molecule has 5 aromatic rings. The number of halogens is 1. The lowest BCUT2D eigenvalue weighted by Gasteiger charge is -2.12. The van der Waals surface area contributed by atoms with E-state index >= 15 is 0 Å². The largest absolute Gasteiger partial charge is 0.457 e. The molecule has 0 fully saturated rings. The van der Waals surface area contributed by atoms with Crippen LogP contribution in [0, 0.1) is 6.92 Å². The van der Waals surface area contributed by atoms with Gasteiger partial charge in [-0.1, -0.05) is 35.9 Å². The molecule has 1 aliphatic rings. The summed E-state index contributed by atoms with van der Waals surface area (Å²) in [4.78, 5) is 26.3. The van der Waals surface area contributed by atoms with Gasteiger partial charge in [0.2, 0.25) is 0 Å². The fourth-order valence-corrected chi connectivity index (χ4v) is 4.63. The number of amides is 2. The second kappa shape index (κ2) is 10.7. The Morgan fingerprint density at radius 2 is 1.85 bits per heavy atom. The smallest absolute Gasteiger partial charge is 0.280 e. The van der Waals surface area contributed by atoms with Crippen molar-refractivity contribution >= 4 is 46.6 Å². The van der Waals surface area contributed by atoms with Gasteiger partial charge >= 0.3 is 0 Å². The van der Waals surface area contributed by atoms with Crippen molar-refractivity contribution in [3.05, 3.63) is 106 Å². The number of aromatic amines is 1. The number of tetrazole rings is 1. The molecule has 0 radical (unpaired) electrons. The van der Waals surface area contributed by atoms with Crippen molar-refractivity contribution < 1.29 is 14.0 Å². The number of benzene rings is 3. The van der Waals surface area contributed by atoms with Crippen LogP contribution < -0.4 is 10.3 Å². The number of aromatic nitrogens is 4. The second-order valence-electron chi connectivity index (χ2n) is 9.38. The van der Waals surface area contributed by atoms with E-state index in [1.807, 2.05) is 37.3 Å². The van der Waals surface area contributed by atoms with Crippen LogP contribution in [-0.2, 0) is 4.79 Å². The average molecular weight is 564 g/mol. The van der Waals surface area contributed by atoms with Gasteiger partial charge in [0.25, 0.3) is 11.8 Å². The average Bonchev–Trinajstić information content (AvgIpc) is 3.72. The van der Waals surface area contributed by atoms with E-state index in [1.54, 1.807) is 61.5 Å². The highest BCUT2D eigenvalue weighted by Crippen LogP contribution is 2.31. The molecule has 2 aromatic heterocycles. The van der Waals surface area contributed by atoms with Crippen molar-refractivity contribution in [3.8, 4) is 22.7 Å². The molecule has 0 atom stereocenters. The Labute approximate surface area is 239 Å². The van der Waals surface area contributed by atoms with Gasteiger partial charge in [0, 0.05) is 16.8 Å². The number of carbonyl (C=O) groups is 2. The fourth-order valence-electron chi connectivity index (χ4n) is 4.43. The molecule has 0 unspecified atom stereocenters. The van der Waals surface area contributed by atoms with Gasteiger partial charge in [0.1, 0.15) is 11.5 Å². The molecule has 0 aliphatic carbocycles. The first-order valence-electron chi connectivity index (χ1n) is 12.6. The molecule has 202 valence electrons.